The lowest BCUT2D eigenvalue weighted by Crippen LogP contribution is -2.27. The lowest BCUT2D eigenvalue weighted by Gasteiger charge is -2.19. The molecule has 10 heteroatoms. The summed E-state index contributed by atoms with van der Waals surface area (Å²) in [5, 5.41) is 2.79. The van der Waals surface area contributed by atoms with Crippen molar-refractivity contribution >= 4 is 12.1 Å². The van der Waals surface area contributed by atoms with Crippen LogP contribution in [0.25, 0.3) is 11.1 Å². The standard InChI is InChI=1S/C33H47NO9/c1-33(2,3)43-31(35)13-16-38-18-20-40-22-24-41-23-21-39-19-17-37-15-8-14-34-32(36)42-25-30-28-11-6-4-9-26(28)27-10-5-7-12-29(27)30/h4-7,9-12,30H,8,13-25H2,1-3H3,(H,34,36). The van der Waals surface area contributed by atoms with Gasteiger partial charge in [-0.1, -0.05) is 48.5 Å². The maximum Gasteiger partial charge on any atom is 0.407 e. The molecule has 43 heavy (non-hydrogen) atoms. The van der Waals surface area contributed by atoms with E-state index in [0.29, 0.717) is 85.6 Å². The first-order valence-electron chi connectivity index (χ1n) is 15.0. The molecule has 0 spiro atoms. The summed E-state index contributed by atoms with van der Waals surface area (Å²) in [6.07, 6.45) is 0.494. The molecular formula is C33H47NO9. The van der Waals surface area contributed by atoms with Crippen molar-refractivity contribution in [2.75, 3.05) is 79.2 Å². The zero-order valence-corrected chi connectivity index (χ0v) is 25.8. The van der Waals surface area contributed by atoms with Gasteiger partial charge in [-0.05, 0) is 49.4 Å². The summed E-state index contributed by atoms with van der Waals surface area (Å²) in [5.41, 5.74) is 4.33. The largest absolute Gasteiger partial charge is 0.460 e. The van der Waals surface area contributed by atoms with Crippen LogP contribution in [-0.4, -0.2) is 96.9 Å². The zero-order valence-electron chi connectivity index (χ0n) is 25.8. The van der Waals surface area contributed by atoms with E-state index in [9.17, 15) is 9.59 Å². The predicted octanol–water partition coefficient (Wildman–Crippen LogP) is 4.73. The third-order valence-corrected chi connectivity index (χ3v) is 6.44. The van der Waals surface area contributed by atoms with Crippen LogP contribution in [-0.2, 0) is 38.0 Å². The average Bonchev–Trinajstić information content (AvgIpc) is 3.30. The number of nitrogens with one attached hydrogen (secondary N) is 1. The van der Waals surface area contributed by atoms with Gasteiger partial charge in [0.2, 0.25) is 0 Å². The summed E-state index contributed by atoms with van der Waals surface area (Å²) in [6, 6.07) is 16.5. The number of hydrogen-bond donors (Lipinski definition) is 1. The van der Waals surface area contributed by atoms with Crippen LogP contribution < -0.4 is 5.32 Å². The lowest BCUT2D eigenvalue weighted by atomic mass is 9.98. The number of fused-ring (bicyclic) bond motifs is 3. The van der Waals surface area contributed by atoms with Crippen molar-refractivity contribution in [3.8, 4) is 11.1 Å². The van der Waals surface area contributed by atoms with Gasteiger partial charge in [-0.15, -0.1) is 0 Å². The smallest absolute Gasteiger partial charge is 0.407 e. The minimum atomic E-state index is -0.476. The first-order chi connectivity index (χ1) is 20.8. The summed E-state index contributed by atoms with van der Waals surface area (Å²) in [6.45, 7) is 10.8. The Morgan fingerprint density at radius 2 is 1.14 bits per heavy atom. The first-order valence-corrected chi connectivity index (χ1v) is 15.0. The first kappa shape index (κ1) is 34.5. The van der Waals surface area contributed by atoms with Gasteiger partial charge in [0.15, 0.2) is 0 Å². The number of ether oxygens (including phenoxy) is 7. The second-order valence-corrected chi connectivity index (χ2v) is 11.0. The number of hydrogen-bond acceptors (Lipinski definition) is 9. The van der Waals surface area contributed by atoms with E-state index in [2.05, 4.69) is 29.6 Å². The van der Waals surface area contributed by atoms with Gasteiger partial charge in [0, 0.05) is 19.1 Å². The molecule has 0 saturated carbocycles. The normalized spacial score (nSPS) is 12.5. The van der Waals surface area contributed by atoms with Crippen molar-refractivity contribution < 1.29 is 42.7 Å². The highest BCUT2D eigenvalue weighted by Crippen LogP contribution is 2.44. The van der Waals surface area contributed by atoms with Crippen LogP contribution in [0.2, 0.25) is 0 Å². The second-order valence-electron chi connectivity index (χ2n) is 11.0. The highest BCUT2D eigenvalue weighted by Gasteiger charge is 2.28. The zero-order chi connectivity index (χ0) is 30.8. The molecule has 238 valence electrons. The number of rotatable bonds is 21. The molecule has 0 aliphatic heterocycles. The van der Waals surface area contributed by atoms with Gasteiger partial charge in [-0.3, -0.25) is 4.79 Å². The minimum Gasteiger partial charge on any atom is -0.460 e. The Morgan fingerprint density at radius 1 is 0.674 bits per heavy atom. The lowest BCUT2D eigenvalue weighted by molar-refractivity contribution is -0.156. The molecule has 1 amide bonds. The van der Waals surface area contributed by atoms with Gasteiger partial charge < -0.3 is 38.5 Å². The predicted molar refractivity (Wildman–Crippen MR) is 162 cm³/mol. The molecule has 2 aromatic carbocycles. The Kier molecular flexibility index (Phi) is 15.5. The average molecular weight is 602 g/mol. The van der Waals surface area contributed by atoms with Crippen LogP contribution in [0.15, 0.2) is 48.5 Å². The summed E-state index contributed by atoms with van der Waals surface area (Å²) in [7, 11) is 0. The number of esters is 1. The van der Waals surface area contributed by atoms with Crippen LogP contribution in [0.5, 0.6) is 0 Å². The van der Waals surface area contributed by atoms with Crippen LogP contribution in [0, 0.1) is 0 Å². The third kappa shape index (κ3) is 13.4. The third-order valence-electron chi connectivity index (χ3n) is 6.44. The molecule has 0 saturated heterocycles. The highest BCUT2D eigenvalue weighted by atomic mass is 16.6. The maximum absolute atomic E-state index is 12.2. The molecule has 1 aliphatic carbocycles. The van der Waals surface area contributed by atoms with Crippen molar-refractivity contribution in [1.29, 1.82) is 0 Å². The number of carbonyl (C=O) groups excluding carboxylic acids is 2. The van der Waals surface area contributed by atoms with Crippen LogP contribution >= 0.6 is 0 Å². The molecule has 1 aliphatic rings. The molecule has 0 bridgehead atoms. The van der Waals surface area contributed by atoms with Crippen molar-refractivity contribution in [2.45, 2.75) is 45.1 Å². The summed E-state index contributed by atoms with van der Waals surface area (Å²) in [5.74, 6) is -0.217. The van der Waals surface area contributed by atoms with Gasteiger partial charge >= 0.3 is 12.1 Å². The molecule has 10 nitrogen and oxygen atoms in total. The molecule has 0 unspecified atom stereocenters. The van der Waals surface area contributed by atoms with Gasteiger partial charge in [-0.25, -0.2) is 4.79 Å². The fraction of sp³-hybridized carbons (Fsp3) is 0.576. The topological polar surface area (TPSA) is 111 Å². The minimum absolute atomic E-state index is 0.0508. The monoisotopic (exact) mass is 601 g/mol. The summed E-state index contributed by atoms with van der Waals surface area (Å²) in [4.78, 5) is 23.8. The molecule has 0 aromatic heterocycles. The Labute approximate surface area is 255 Å². The maximum atomic E-state index is 12.2. The van der Waals surface area contributed by atoms with E-state index in [-0.39, 0.29) is 18.3 Å². The summed E-state index contributed by atoms with van der Waals surface area (Å²) >= 11 is 0. The van der Waals surface area contributed by atoms with Gasteiger partial charge in [0.1, 0.15) is 12.2 Å². The van der Waals surface area contributed by atoms with E-state index < -0.39 is 11.7 Å². The van der Waals surface area contributed by atoms with E-state index in [1.807, 2.05) is 45.0 Å². The highest BCUT2D eigenvalue weighted by molar-refractivity contribution is 5.79. The Morgan fingerprint density at radius 3 is 1.65 bits per heavy atom. The molecule has 1 N–H and O–H groups in total. The fourth-order valence-electron chi connectivity index (χ4n) is 4.54. The Bertz CT molecular complexity index is 1060. The van der Waals surface area contributed by atoms with E-state index in [0.717, 1.165) is 0 Å². The van der Waals surface area contributed by atoms with Gasteiger partial charge in [0.25, 0.3) is 0 Å². The molecular weight excluding hydrogens is 554 g/mol. The Balaban J connectivity index is 1.06. The van der Waals surface area contributed by atoms with E-state index in [4.69, 9.17) is 33.2 Å². The van der Waals surface area contributed by atoms with E-state index in [1.54, 1.807) is 0 Å². The summed E-state index contributed by atoms with van der Waals surface area (Å²) < 4.78 is 38.1. The van der Waals surface area contributed by atoms with Crippen molar-refractivity contribution in [1.82, 2.24) is 5.32 Å². The molecule has 0 radical (unpaired) electrons. The molecule has 3 rings (SSSR count). The number of carbonyl (C=O) groups is 2. The second kappa shape index (κ2) is 19.3. The molecule has 2 aromatic rings. The van der Waals surface area contributed by atoms with Crippen molar-refractivity contribution in [3.05, 3.63) is 59.7 Å². The fourth-order valence-corrected chi connectivity index (χ4v) is 4.54. The number of benzene rings is 2. The van der Waals surface area contributed by atoms with Gasteiger partial charge in [0.05, 0.1) is 65.9 Å². The molecule has 0 atom stereocenters. The van der Waals surface area contributed by atoms with E-state index in [1.165, 1.54) is 22.3 Å². The van der Waals surface area contributed by atoms with E-state index >= 15 is 0 Å². The van der Waals surface area contributed by atoms with Crippen LogP contribution in [0.4, 0.5) is 4.79 Å². The van der Waals surface area contributed by atoms with Gasteiger partial charge in [-0.2, -0.15) is 0 Å². The van der Waals surface area contributed by atoms with Crippen molar-refractivity contribution in [3.63, 3.8) is 0 Å². The SMILES string of the molecule is CC(C)(C)OC(=O)CCOCCOCCOCCOCCOCCCNC(=O)OCC1c2ccccc2-c2ccccc21. The van der Waals surface area contributed by atoms with Crippen LogP contribution in [0.3, 0.4) is 0 Å². The quantitative estimate of drug-likeness (QED) is 0.160. The van der Waals surface area contributed by atoms with Crippen molar-refractivity contribution in [2.24, 2.45) is 0 Å². The Hall–Kier alpha value is -3.02. The number of alkyl carbamates (subject to hydrolysis) is 1. The molecule has 0 heterocycles. The van der Waals surface area contributed by atoms with Crippen LogP contribution in [0.1, 0.15) is 50.7 Å². The molecule has 0 fully saturated rings. The number of amides is 1.